The molecule has 0 aliphatic carbocycles. The Morgan fingerprint density at radius 2 is 0.639 bits per heavy atom. The first-order valence-electron chi connectivity index (χ1n) is 29.1. The Balaban J connectivity index is -0.000000894. The molecule has 12 heteroatoms. The van der Waals surface area contributed by atoms with Gasteiger partial charge in [0.2, 0.25) is 5.76 Å². The van der Waals surface area contributed by atoms with Crippen molar-refractivity contribution >= 4 is 23.9 Å². The Bertz CT molecular complexity index is 1220. The standard InChI is InChI=1S/3C18H34O2.C6H8O6/c3*1-2-3-4-5-6-7-8-9-10-11-12-13-14-15-16-17-18(19)20;7-1-2(8)5-3(9)4(10)6(11)12-5/h3*9-10H,2-8,11-17H2,1H3,(H,19,20);2,5,7-10H,1H2/b3*10-9-;/t;;;2-,5+/m...0/s1. The van der Waals surface area contributed by atoms with Crippen LogP contribution in [0.25, 0.3) is 0 Å². The summed E-state index contributed by atoms with van der Waals surface area (Å²) in [6.07, 6.45) is 60.9. The van der Waals surface area contributed by atoms with Gasteiger partial charge in [-0.3, -0.25) is 14.4 Å². The number of cyclic esters (lactones) is 1. The number of carboxylic acid groups (broad SMARTS) is 3. The van der Waals surface area contributed by atoms with Crippen molar-refractivity contribution in [3.8, 4) is 0 Å². The van der Waals surface area contributed by atoms with Gasteiger partial charge in [0, 0.05) is 19.3 Å². The van der Waals surface area contributed by atoms with Crippen molar-refractivity contribution in [3.63, 3.8) is 0 Å². The number of unbranched alkanes of at least 4 members (excludes halogenated alkanes) is 33. The number of esters is 1. The number of hydrogen-bond acceptors (Lipinski definition) is 9. The molecule has 0 fully saturated rings. The highest BCUT2D eigenvalue weighted by Gasteiger charge is 2.38. The van der Waals surface area contributed by atoms with Crippen LogP contribution in [0.4, 0.5) is 0 Å². The summed E-state index contributed by atoms with van der Waals surface area (Å²) in [6.45, 7) is 6.11. The van der Waals surface area contributed by atoms with Crippen molar-refractivity contribution in [2.75, 3.05) is 6.61 Å². The van der Waals surface area contributed by atoms with Crippen LogP contribution in [-0.4, -0.2) is 78.4 Å². The lowest BCUT2D eigenvalue weighted by Gasteiger charge is -2.13. The molecule has 0 radical (unpaired) electrons. The number of ether oxygens (including phenoxy) is 1. The zero-order valence-corrected chi connectivity index (χ0v) is 46.2. The fourth-order valence-electron chi connectivity index (χ4n) is 7.86. The van der Waals surface area contributed by atoms with Gasteiger partial charge >= 0.3 is 23.9 Å². The van der Waals surface area contributed by atoms with Crippen LogP contribution in [-0.2, 0) is 23.9 Å². The van der Waals surface area contributed by atoms with E-state index >= 15 is 0 Å². The van der Waals surface area contributed by atoms with E-state index in [1.165, 1.54) is 212 Å². The summed E-state index contributed by atoms with van der Waals surface area (Å²) < 4.78 is 4.32. The average molecular weight is 1020 g/mol. The molecule has 0 aromatic heterocycles. The molecular formula is C60H110O12. The van der Waals surface area contributed by atoms with E-state index in [1.807, 2.05) is 0 Å². The molecular weight excluding hydrogens is 913 g/mol. The Morgan fingerprint density at radius 1 is 0.417 bits per heavy atom. The third-order valence-electron chi connectivity index (χ3n) is 12.4. The average Bonchev–Trinajstić information content (AvgIpc) is 3.62. The van der Waals surface area contributed by atoms with Gasteiger partial charge in [0.15, 0.2) is 11.9 Å². The van der Waals surface area contributed by atoms with Crippen LogP contribution in [0.3, 0.4) is 0 Å². The van der Waals surface area contributed by atoms with Gasteiger partial charge in [-0.2, -0.15) is 0 Å². The van der Waals surface area contributed by atoms with Gasteiger partial charge in [-0.25, -0.2) is 4.79 Å². The Labute approximate surface area is 439 Å². The number of carbonyl (C=O) groups is 4. The quantitative estimate of drug-likeness (QED) is 0.0172. The van der Waals surface area contributed by atoms with Gasteiger partial charge in [0.25, 0.3) is 0 Å². The second-order valence-corrected chi connectivity index (χ2v) is 19.5. The number of carboxylic acids is 3. The molecule has 0 saturated carbocycles. The maximum absolute atomic E-state index is 10.5. The molecule has 12 nitrogen and oxygen atoms in total. The van der Waals surface area contributed by atoms with Crippen LogP contribution in [0.2, 0.25) is 0 Å². The van der Waals surface area contributed by atoms with Crippen LogP contribution in [0.15, 0.2) is 48.0 Å². The predicted octanol–water partition coefficient (Wildman–Crippen LogP) is 16.9. The largest absolute Gasteiger partial charge is 0.505 e. The normalized spacial score (nSPS) is 13.7. The summed E-state index contributed by atoms with van der Waals surface area (Å²) in [4.78, 5) is 41.5. The molecule has 0 bridgehead atoms. The molecule has 1 aliphatic heterocycles. The maximum atomic E-state index is 10.5. The molecule has 0 saturated heterocycles. The number of hydrogen-bond donors (Lipinski definition) is 7. The summed E-state index contributed by atoms with van der Waals surface area (Å²) in [5.41, 5.74) is 0. The fraction of sp³-hybridized carbons (Fsp3) is 0.800. The number of aliphatic hydroxyl groups excluding tert-OH is 4. The van der Waals surface area contributed by atoms with Crippen molar-refractivity contribution in [1.29, 1.82) is 0 Å². The van der Waals surface area contributed by atoms with Gasteiger partial charge in [0.05, 0.1) is 6.61 Å². The minimum atomic E-state index is -1.42. The van der Waals surface area contributed by atoms with Gasteiger partial charge in [-0.1, -0.05) is 211 Å². The lowest BCUT2D eigenvalue weighted by molar-refractivity contribution is -0.147. The smallest absolute Gasteiger partial charge is 0.377 e. The van der Waals surface area contributed by atoms with Crippen molar-refractivity contribution in [1.82, 2.24) is 0 Å². The van der Waals surface area contributed by atoms with Crippen molar-refractivity contribution in [2.45, 2.75) is 303 Å². The Kier molecular flexibility index (Phi) is 60.4. The van der Waals surface area contributed by atoms with Crippen LogP contribution < -0.4 is 0 Å². The first-order chi connectivity index (χ1) is 34.9. The van der Waals surface area contributed by atoms with E-state index in [-0.39, 0.29) is 0 Å². The molecule has 0 amide bonds. The molecule has 0 aromatic carbocycles. The van der Waals surface area contributed by atoms with E-state index in [0.29, 0.717) is 19.3 Å². The maximum Gasteiger partial charge on any atom is 0.377 e. The Hall–Kier alpha value is -3.64. The fourth-order valence-corrected chi connectivity index (χ4v) is 7.86. The van der Waals surface area contributed by atoms with Crippen molar-refractivity contribution < 1.29 is 59.7 Å². The highest BCUT2D eigenvalue weighted by molar-refractivity contribution is 5.89. The van der Waals surface area contributed by atoms with E-state index < -0.39 is 54.2 Å². The van der Waals surface area contributed by atoms with Gasteiger partial charge in [-0.05, 0) is 96.3 Å². The molecule has 1 rings (SSSR count). The van der Waals surface area contributed by atoms with Gasteiger partial charge in [-0.15, -0.1) is 0 Å². The first kappa shape index (κ1) is 72.6. The molecule has 7 N–H and O–H groups in total. The van der Waals surface area contributed by atoms with Crippen LogP contribution in [0.1, 0.15) is 290 Å². The summed E-state index contributed by atoms with van der Waals surface area (Å²) in [5.74, 6) is -4.77. The van der Waals surface area contributed by atoms with Gasteiger partial charge < -0.3 is 40.5 Å². The minimum Gasteiger partial charge on any atom is -0.505 e. The summed E-state index contributed by atoms with van der Waals surface area (Å²) in [6, 6.07) is 0. The van der Waals surface area contributed by atoms with Crippen LogP contribution in [0.5, 0.6) is 0 Å². The molecule has 422 valence electrons. The second-order valence-electron chi connectivity index (χ2n) is 19.5. The molecule has 1 aliphatic rings. The topological polar surface area (TPSA) is 219 Å². The summed E-state index contributed by atoms with van der Waals surface area (Å²) >= 11 is 0. The van der Waals surface area contributed by atoms with Crippen LogP contribution in [0, 0.1) is 0 Å². The molecule has 1 heterocycles. The number of rotatable bonds is 47. The van der Waals surface area contributed by atoms with Gasteiger partial charge in [0.1, 0.15) is 6.10 Å². The number of aliphatic hydroxyl groups is 4. The lowest BCUT2D eigenvalue weighted by Crippen LogP contribution is -2.31. The zero-order chi connectivity index (χ0) is 54.0. The van der Waals surface area contributed by atoms with E-state index in [9.17, 15) is 19.2 Å². The summed E-state index contributed by atoms with van der Waals surface area (Å²) in [7, 11) is 0. The Morgan fingerprint density at radius 3 is 0.833 bits per heavy atom. The van der Waals surface area contributed by atoms with E-state index in [0.717, 1.165) is 38.5 Å². The number of carbonyl (C=O) groups excluding carboxylic acids is 1. The van der Waals surface area contributed by atoms with Crippen molar-refractivity contribution in [2.24, 2.45) is 0 Å². The first-order valence-corrected chi connectivity index (χ1v) is 29.1. The SMILES string of the molecule is CCCCCCCC/C=C\CCCCCCCC(=O)O.CCCCCCCC/C=C\CCCCCCCC(=O)O.CCCCCCCC/C=C\CCCCCCCC(=O)O.O=C1O[C@H]([C@@H](O)CO)C(O)=C1O. The molecule has 0 spiro atoms. The third kappa shape index (κ3) is 58.9. The third-order valence-corrected chi connectivity index (χ3v) is 12.4. The molecule has 72 heavy (non-hydrogen) atoms. The number of aliphatic carboxylic acids is 3. The van der Waals surface area contributed by atoms with Crippen LogP contribution >= 0.6 is 0 Å². The highest BCUT2D eigenvalue weighted by Crippen LogP contribution is 2.21. The minimum absolute atomic E-state index is 0.332. The van der Waals surface area contributed by atoms with Crippen molar-refractivity contribution in [3.05, 3.63) is 48.0 Å². The van der Waals surface area contributed by atoms with E-state index in [2.05, 4.69) is 62.0 Å². The number of allylic oxidation sites excluding steroid dienone is 6. The molecule has 0 aromatic rings. The zero-order valence-electron chi connectivity index (χ0n) is 46.2. The second kappa shape index (κ2) is 59.9. The molecule has 0 unspecified atom stereocenters. The summed E-state index contributed by atoms with van der Waals surface area (Å²) in [5, 5.41) is 60.6. The lowest BCUT2D eigenvalue weighted by atomic mass is 10.1. The predicted molar refractivity (Wildman–Crippen MR) is 297 cm³/mol. The van der Waals surface area contributed by atoms with E-state index in [4.69, 9.17) is 35.7 Å². The monoisotopic (exact) mass is 1020 g/mol. The molecule has 2 atom stereocenters. The van der Waals surface area contributed by atoms with E-state index in [1.54, 1.807) is 0 Å². The highest BCUT2D eigenvalue weighted by atomic mass is 16.6.